The average molecular weight is 489 g/mol. The molecule has 4 rings (SSSR count). The summed E-state index contributed by atoms with van der Waals surface area (Å²) in [6, 6.07) is 8.09. The monoisotopic (exact) mass is 488 g/mol. The number of carboxylic acid groups (broad SMARTS) is 1. The molecule has 1 aliphatic carbocycles. The normalized spacial score (nSPS) is 14.9. The summed E-state index contributed by atoms with van der Waals surface area (Å²) >= 11 is 0. The summed E-state index contributed by atoms with van der Waals surface area (Å²) in [5.74, 6) is -0.325. The highest BCUT2D eigenvalue weighted by Crippen LogP contribution is 2.35. The standard InChI is InChI=1S/C22H25FN6O4S/c1-13-18(26-34(32,33)17-8-5-9-17)10-11-19(24-13)20-21(28(3)27-25-20)29(22(30)31)14(2)15-6-4-7-16(23)12-15/h4,6-7,10-12,14,17,26H,5,8-9H2,1-3H3,(H,30,31)/t14-/m1/s1. The number of aryl methyl sites for hydroxylation is 2. The van der Waals surface area contributed by atoms with Gasteiger partial charge in [-0.15, -0.1) is 5.10 Å². The van der Waals surface area contributed by atoms with E-state index >= 15 is 0 Å². The van der Waals surface area contributed by atoms with E-state index in [1.54, 1.807) is 39.1 Å². The van der Waals surface area contributed by atoms with Crippen molar-refractivity contribution in [3.8, 4) is 11.4 Å². The summed E-state index contributed by atoms with van der Waals surface area (Å²) < 4.78 is 42.7. The maximum absolute atomic E-state index is 13.8. The van der Waals surface area contributed by atoms with Gasteiger partial charge >= 0.3 is 6.09 Å². The zero-order chi connectivity index (χ0) is 24.6. The van der Waals surface area contributed by atoms with E-state index in [9.17, 15) is 22.7 Å². The fraction of sp³-hybridized carbons (Fsp3) is 0.364. The quantitative estimate of drug-likeness (QED) is 0.516. The molecule has 0 saturated heterocycles. The van der Waals surface area contributed by atoms with Gasteiger partial charge in [0.2, 0.25) is 10.0 Å². The molecule has 2 heterocycles. The van der Waals surface area contributed by atoms with E-state index in [0.29, 0.717) is 35.5 Å². The summed E-state index contributed by atoms with van der Waals surface area (Å²) in [6.45, 7) is 3.29. The van der Waals surface area contributed by atoms with Crippen molar-refractivity contribution in [1.29, 1.82) is 0 Å². The van der Waals surface area contributed by atoms with Crippen LogP contribution in [0.1, 0.15) is 43.5 Å². The molecule has 12 heteroatoms. The van der Waals surface area contributed by atoms with Crippen molar-refractivity contribution in [3.63, 3.8) is 0 Å². The van der Waals surface area contributed by atoms with Gasteiger partial charge in [0.25, 0.3) is 0 Å². The number of aromatic nitrogens is 4. The van der Waals surface area contributed by atoms with E-state index in [4.69, 9.17) is 0 Å². The van der Waals surface area contributed by atoms with E-state index in [1.165, 1.54) is 22.9 Å². The van der Waals surface area contributed by atoms with Gasteiger partial charge in [-0.3, -0.25) is 9.62 Å². The highest BCUT2D eigenvalue weighted by molar-refractivity contribution is 7.93. The second kappa shape index (κ2) is 9.01. The zero-order valence-electron chi connectivity index (χ0n) is 18.9. The van der Waals surface area contributed by atoms with E-state index < -0.39 is 33.2 Å². The van der Waals surface area contributed by atoms with Crippen molar-refractivity contribution in [1.82, 2.24) is 20.0 Å². The molecule has 0 radical (unpaired) electrons. The molecule has 0 spiro atoms. The Kier molecular flexibility index (Phi) is 6.26. The maximum Gasteiger partial charge on any atom is 0.413 e. The molecule has 2 aromatic heterocycles. The van der Waals surface area contributed by atoms with E-state index in [0.717, 1.165) is 11.3 Å². The van der Waals surface area contributed by atoms with Crippen molar-refractivity contribution in [2.75, 3.05) is 9.62 Å². The summed E-state index contributed by atoms with van der Waals surface area (Å²) in [5, 5.41) is 17.7. The lowest BCUT2D eigenvalue weighted by Crippen LogP contribution is -2.34. The van der Waals surface area contributed by atoms with Crippen molar-refractivity contribution >= 4 is 27.6 Å². The molecule has 180 valence electrons. The topological polar surface area (TPSA) is 130 Å². The number of rotatable bonds is 7. The van der Waals surface area contributed by atoms with E-state index in [-0.39, 0.29) is 11.5 Å². The molecule has 1 amide bonds. The van der Waals surface area contributed by atoms with Gasteiger partial charge in [-0.1, -0.05) is 23.8 Å². The van der Waals surface area contributed by atoms with Crippen LogP contribution in [0.3, 0.4) is 0 Å². The lowest BCUT2D eigenvalue weighted by atomic mass is 10.0. The van der Waals surface area contributed by atoms with Crippen LogP contribution in [0.2, 0.25) is 0 Å². The predicted molar refractivity (Wildman–Crippen MR) is 124 cm³/mol. The first-order chi connectivity index (χ1) is 16.1. The lowest BCUT2D eigenvalue weighted by Gasteiger charge is -2.27. The minimum Gasteiger partial charge on any atom is -0.465 e. The Morgan fingerprint density at radius 2 is 2.03 bits per heavy atom. The van der Waals surface area contributed by atoms with Gasteiger partial charge in [-0.2, -0.15) is 0 Å². The number of anilines is 2. The third-order valence-corrected chi connectivity index (χ3v) is 7.88. The molecule has 2 N–H and O–H groups in total. The van der Waals surface area contributed by atoms with Crippen molar-refractivity contribution in [2.45, 2.75) is 44.4 Å². The average Bonchev–Trinajstić information content (AvgIpc) is 3.08. The van der Waals surface area contributed by atoms with Crippen LogP contribution >= 0.6 is 0 Å². The SMILES string of the molecule is Cc1nc(-c2nnn(C)c2N(C(=O)O)[C@H](C)c2cccc(F)c2)ccc1NS(=O)(=O)C1CCC1. The summed E-state index contributed by atoms with van der Waals surface area (Å²) in [5.41, 5.74) is 1.75. The number of nitrogens with zero attached hydrogens (tertiary/aromatic N) is 5. The fourth-order valence-electron chi connectivity index (χ4n) is 3.86. The van der Waals surface area contributed by atoms with Gasteiger partial charge in [0, 0.05) is 7.05 Å². The van der Waals surface area contributed by atoms with Gasteiger partial charge in [-0.05, 0) is 56.5 Å². The highest BCUT2D eigenvalue weighted by Gasteiger charge is 2.33. The summed E-state index contributed by atoms with van der Waals surface area (Å²) in [7, 11) is -1.94. The van der Waals surface area contributed by atoms with Gasteiger partial charge in [0.1, 0.15) is 5.82 Å². The number of halogens is 1. The molecule has 34 heavy (non-hydrogen) atoms. The third kappa shape index (κ3) is 4.45. The number of hydrogen-bond acceptors (Lipinski definition) is 6. The van der Waals surface area contributed by atoms with Gasteiger partial charge in [0.15, 0.2) is 11.5 Å². The second-order valence-electron chi connectivity index (χ2n) is 8.30. The fourth-order valence-corrected chi connectivity index (χ4v) is 5.50. The molecule has 1 aromatic carbocycles. The van der Waals surface area contributed by atoms with Crippen LogP contribution < -0.4 is 9.62 Å². The van der Waals surface area contributed by atoms with Crippen LogP contribution in [0.15, 0.2) is 36.4 Å². The number of pyridine rings is 1. The predicted octanol–water partition coefficient (Wildman–Crippen LogP) is 3.86. The number of benzene rings is 1. The molecule has 3 aromatic rings. The largest absolute Gasteiger partial charge is 0.465 e. The Hall–Kier alpha value is -3.54. The van der Waals surface area contributed by atoms with E-state index in [2.05, 4.69) is 20.0 Å². The molecule has 10 nitrogen and oxygen atoms in total. The van der Waals surface area contributed by atoms with Crippen LogP contribution in [-0.2, 0) is 17.1 Å². The Morgan fingerprint density at radius 1 is 1.29 bits per heavy atom. The molecule has 0 aliphatic heterocycles. The number of carbonyl (C=O) groups is 1. The van der Waals surface area contributed by atoms with Crippen LogP contribution in [0.4, 0.5) is 20.7 Å². The lowest BCUT2D eigenvalue weighted by molar-refractivity contribution is 0.199. The third-order valence-electron chi connectivity index (χ3n) is 6.02. The van der Waals surface area contributed by atoms with Gasteiger partial charge in [0.05, 0.1) is 28.4 Å². The molecular weight excluding hydrogens is 463 g/mol. The maximum atomic E-state index is 13.8. The molecule has 1 aliphatic rings. The smallest absolute Gasteiger partial charge is 0.413 e. The molecule has 1 saturated carbocycles. The first-order valence-electron chi connectivity index (χ1n) is 10.8. The Bertz CT molecular complexity index is 1340. The molecule has 1 fully saturated rings. The second-order valence-corrected chi connectivity index (χ2v) is 10.3. The van der Waals surface area contributed by atoms with Crippen molar-refractivity contribution in [2.24, 2.45) is 7.05 Å². The number of hydrogen-bond donors (Lipinski definition) is 2. The van der Waals surface area contributed by atoms with Crippen LogP contribution in [0.25, 0.3) is 11.4 Å². The van der Waals surface area contributed by atoms with Crippen molar-refractivity contribution in [3.05, 3.63) is 53.5 Å². The van der Waals surface area contributed by atoms with Crippen LogP contribution in [0, 0.1) is 12.7 Å². The van der Waals surface area contributed by atoms with Gasteiger partial charge < -0.3 is 5.11 Å². The number of nitrogens with one attached hydrogen (secondary N) is 1. The minimum absolute atomic E-state index is 0.152. The van der Waals surface area contributed by atoms with Crippen LogP contribution in [0.5, 0.6) is 0 Å². The highest BCUT2D eigenvalue weighted by atomic mass is 32.2. The first-order valence-corrected chi connectivity index (χ1v) is 12.3. The molecular formula is C22H25FN6O4S. The minimum atomic E-state index is -3.49. The summed E-state index contributed by atoms with van der Waals surface area (Å²) in [6.07, 6.45) is 0.894. The van der Waals surface area contributed by atoms with Crippen molar-refractivity contribution < 1.29 is 22.7 Å². The number of sulfonamides is 1. The molecule has 0 unspecified atom stereocenters. The number of amides is 1. The van der Waals surface area contributed by atoms with Gasteiger partial charge in [-0.25, -0.2) is 27.3 Å². The van der Waals surface area contributed by atoms with E-state index in [1.807, 2.05) is 0 Å². The Balaban J connectivity index is 1.70. The zero-order valence-corrected chi connectivity index (χ0v) is 19.8. The van der Waals surface area contributed by atoms with Crippen LogP contribution in [-0.4, -0.2) is 44.8 Å². The Morgan fingerprint density at radius 3 is 2.62 bits per heavy atom. The Labute approximate surface area is 196 Å². The summed E-state index contributed by atoms with van der Waals surface area (Å²) in [4.78, 5) is 17.8. The molecule has 1 atom stereocenters. The first kappa shape index (κ1) is 23.6. The molecule has 0 bridgehead atoms.